The number of likely N-dealkylation sites (tertiary alicyclic amines) is 1. The molecule has 1 aromatic carbocycles. The largest absolute Gasteiger partial charge is 0.497 e. The van der Waals surface area contributed by atoms with Crippen molar-refractivity contribution in [2.24, 2.45) is 0 Å². The average Bonchev–Trinajstić information content (AvgIpc) is 3.31. The molecule has 1 fully saturated rings. The summed E-state index contributed by atoms with van der Waals surface area (Å²) in [5.74, 6) is 1.16. The summed E-state index contributed by atoms with van der Waals surface area (Å²) in [5, 5.41) is 4.21. The molecule has 0 N–H and O–H groups in total. The number of benzene rings is 1. The first-order valence-electron chi connectivity index (χ1n) is 10.9. The molecule has 0 spiro atoms. The van der Waals surface area contributed by atoms with E-state index in [-0.39, 0.29) is 24.1 Å². The van der Waals surface area contributed by atoms with E-state index in [2.05, 4.69) is 10.1 Å². The third kappa shape index (κ3) is 4.72. The van der Waals surface area contributed by atoms with Crippen LogP contribution in [0.2, 0.25) is 0 Å². The van der Waals surface area contributed by atoms with Crippen LogP contribution in [0.5, 0.6) is 5.75 Å². The molecule has 3 aromatic rings. The second-order valence-electron chi connectivity index (χ2n) is 8.31. The van der Waals surface area contributed by atoms with Gasteiger partial charge < -0.3 is 14.5 Å². The molecule has 1 aliphatic heterocycles. The summed E-state index contributed by atoms with van der Waals surface area (Å²) in [6.45, 7) is 2.29. The molecule has 1 unspecified atom stereocenters. The molecular weight excluding hydrogens is 420 g/mol. The van der Waals surface area contributed by atoms with E-state index in [1.165, 1.54) is 10.7 Å². The Hall–Kier alpha value is -3.75. The first-order valence-corrected chi connectivity index (χ1v) is 10.9. The fourth-order valence-corrected chi connectivity index (χ4v) is 4.10. The molecule has 3 heterocycles. The minimum atomic E-state index is -0.293. The molecule has 0 bridgehead atoms. The van der Waals surface area contributed by atoms with E-state index in [0.717, 1.165) is 35.4 Å². The molecule has 9 heteroatoms. The number of rotatable bonds is 6. The summed E-state index contributed by atoms with van der Waals surface area (Å²) in [4.78, 5) is 38.5. The van der Waals surface area contributed by atoms with Crippen molar-refractivity contribution in [2.75, 3.05) is 32.6 Å². The molecule has 4 rings (SSSR count). The summed E-state index contributed by atoms with van der Waals surface area (Å²) < 4.78 is 6.62. The van der Waals surface area contributed by atoms with Gasteiger partial charge in [0.1, 0.15) is 12.3 Å². The van der Waals surface area contributed by atoms with E-state index in [1.807, 2.05) is 48.2 Å². The van der Waals surface area contributed by atoms with Gasteiger partial charge in [0.15, 0.2) is 0 Å². The Balaban J connectivity index is 1.72. The highest BCUT2D eigenvalue weighted by Gasteiger charge is 2.33. The summed E-state index contributed by atoms with van der Waals surface area (Å²) in [6, 6.07) is 10.6. The number of carbonyl (C=O) groups is 1. The summed E-state index contributed by atoms with van der Waals surface area (Å²) in [6.07, 6.45) is 3.44. The minimum absolute atomic E-state index is 0.100. The van der Waals surface area contributed by atoms with Gasteiger partial charge in [0, 0.05) is 38.5 Å². The van der Waals surface area contributed by atoms with Crippen molar-refractivity contribution in [3.8, 4) is 16.9 Å². The van der Waals surface area contributed by atoms with Gasteiger partial charge in [-0.1, -0.05) is 12.1 Å². The number of carbonyl (C=O) groups excluding carboxylic acids is 1. The zero-order chi connectivity index (χ0) is 23.5. The van der Waals surface area contributed by atoms with E-state index < -0.39 is 0 Å². The second kappa shape index (κ2) is 9.40. The maximum atomic E-state index is 13.3. The standard InChI is InChI=1S/C24H28N6O3/c1-16-10-11-21(31)30(27-16)15-22(32)29-12-6-9-20(29)23-19(14-25-24(26-23)28(2)3)17-7-5-8-18(13-17)33-4/h5,7-8,10-11,13-14,20H,6,9,12,15H2,1-4H3. The molecule has 9 nitrogen and oxygen atoms in total. The Morgan fingerprint density at radius 3 is 2.82 bits per heavy atom. The highest BCUT2D eigenvalue weighted by molar-refractivity contribution is 5.77. The van der Waals surface area contributed by atoms with E-state index in [4.69, 9.17) is 9.72 Å². The number of hydrogen-bond donors (Lipinski definition) is 0. The van der Waals surface area contributed by atoms with Crippen molar-refractivity contribution in [3.63, 3.8) is 0 Å². The molecule has 172 valence electrons. The van der Waals surface area contributed by atoms with Crippen LogP contribution in [0.1, 0.15) is 30.3 Å². The zero-order valence-corrected chi connectivity index (χ0v) is 19.4. The number of anilines is 1. The van der Waals surface area contributed by atoms with Gasteiger partial charge in [-0.25, -0.2) is 14.6 Å². The third-order valence-electron chi connectivity index (χ3n) is 5.76. The Labute approximate surface area is 192 Å². The Morgan fingerprint density at radius 1 is 1.24 bits per heavy atom. The van der Waals surface area contributed by atoms with Crippen LogP contribution >= 0.6 is 0 Å². The lowest BCUT2D eigenvalue weighted by molar-refractivity contribution is -0.133. The maximum absolute atomic E-state index is 13.3. The molecule has 1 saturated heterocycles. The van der Waals surface area contributed by atoms with Gasteiger partial charge >= 0.3 is 0 Å². The normalized spacial score (nSPS) is 15.5. The van der Waals surface area contributed by atoms with Gasteiger partial charge in [-0.15, -0.1) is 0 Å². The monoisotopic (exact) mass is 448 g/mol. The van der Waals surface area contributed by atoms with Crippen molar-refractivity contribution < 1.29 is 9.53 Å². The number of methoxy groups -OCH3 is 1. The van der Waals surface area contributed by atoms with Crippen LogP contribution in [-0.2, 0) is 11.3 Å². The van der Waals surface area contributed by atoms with Crippen LogP contribution in [0.15, 0.2) is 47.4 Å². The summed E-state index contributed by atoms with van der Waals surface area (Å²) >= 11 is 0. The van der Waals surface area contributed by atoms with Crippen LogP contribution in [0.4, 0.5) is 5.95 Å². The van der Waals surface area contributed by atoms with Gasteiger partial charge in [0.25, 0.3) is 5.56 Å². The SMILES string of the molecule is COc1cccc(-c2cnc(N(C)C)nc2C2CCCN2C(=O)Cn2nc(C)ccc2=O)c1. The van der Waals surface area contributed by atoms with Gasteiger partial charge in [-0.05, 0) is 43.5 Å². The van der Waals surface area contributed by atoms with Gasteiger partial charge in [0.05, 0.1) is 24.5 Å². The van der Waals surface area contributed by atoms with Crippen LogP contribution in [-0.4, -0.2) is 58.3 Å². The molecule has 0 saturated carbocycles. The van der Waals surface area contributed by atoms with Crippen LogP contribution in [0, 0.1) is 6.92 Å². The van der Waals surface area contributed by atoms with Crippen molar-refractivity contribution in [3.05, 3.63) is 64.3 Å². The maximum Gasteiger partial charge on any atom is 0.267 e. The molecule has 0 radical (unpaired) electrons. The predicted molar refractivity (Wildman–Crippen MR) is 125 cm³/mol. The molecule has 0 aliphatic carbocycles. The molecule has 2 aromatic heterocycles. The number of amides is 1. The van der Waals surface area contributed by atoms with E-state index in [9.17, 15) is 9.59 Å². The molecule has 33 heavy (non-hydrogen) atoms. The lowest BCUT2D eigenvalue weighted by Crippen LogP contribution is -2.37. The first-order chi connectivity index (χ1) is 15.9. The summed E-state index contributed by atoms with van der Waals surface area (Å²) in [5.41, 5.74) is 2.96. The van der Waals surface area contributed by atoms with Crippen LogP contribution in [0.3, 0.4) is 0 Å². The lowest BCUT2D eigenvalue weighted by Gasteiger charge is -2.27. The van der Waals surface area contributed by atoms with Crippen molar-refractivity contribution in [2.45, 2.75) is 32.4 Å². The van der Waals surface area contributed by atoms with Gasteiger partial charge in [-0.3, -0.25) is 9.59 Å². The highest BCUT2D eigenvalue weighted by atomic mass is 16.5. The smallest absolute Gasteiger partial charge is 0.267 e. The molecule has 1 aliphatic rings. The zero-order valence-electron chi connectivity index (χ0n) is 19.4. The van der Waals surface area contributed by atoms with Crippen LogP contribution in [0.25, 0.3) is 11.1 Å². The van der Waals surface area contributed by atoms with Gasteiger partial charge in [-0.2, -0.15) is 5.10 Å². The Bertz CT molecular complexity index is 1220. The second-order valence-corrected chi connectivity index (χ2v) is 8.31. The first kappa shape index (κ1) is 22.4. The fraction of sp³-hybridized carbons (Fsp3) is 0.375. The van der Waals surface area contributed by atoms with E-state index >= 15 is 0 Å². The summed E-state index contributed by atoms with van der Waals surface area (Å²) in [7, 11) is 5.40. The van der Waals surface area contributed by atoms with Crippen LogP contribution < -0.4 is 15.2 Å². The molecule has 1 atom stereocenters. The van der Waals surface area contributed by atoms with Crippen molar-refractivity contribution in [1.29, 1.82) is 0 Å². The van der Waals surface area contributed by atoms with Crippen molar-refractivity contribution >= 4 is 11.9 Å². The Kier molecular flexibility index (Phi) is 6.39. The fourth-order valence-electron chi connectivity index (χ4n) is 4.10. The number of hydrogen-bond acceptors (Lipinski definition) is 7. The number of nitrogens with zero attached hydrogens (tertiary/aromatic N) is 6. The van der Waals surface area contributed by atoms with E-state index in [1.54, 1.807) is 26.3 Å². The highest BCUT2D eigenvalue weighted by Crippen LogP contribution is 2.38. The lowest BCUT2D eigenvalue weighted by atomic mass is 9.99. The number of aromatic nitrogens is 4. The number of aryl methyl sites for hydroxylation is 1. The topological polar surface area (TPSA) is 93.4 Å². The molecular formula is C24H28N6O3. The minimum Gasteiger partial charge on any atom is -0.497 e. The quantitative estimate of drug-likeness (QED) is 0.572. The third-order valence-corrected chi connectivity index (χ3v) is 5.76. The molecule has 1 amide bonds. The van der Waals surface area contributed by atoms with Gasteiger partial charge in [0.2, 0.25) is 11.9 Å². The average molecular weight is 449 g/mol. The van der Waals surface area contributed by atoms with E-state index in [0.29, 0.717) is 18.2 Å². The Morgan fingerprint density at radius 2 is 2.06 bits per heavy atom. The number of ether oxygens (including phenoxy) is 1. The predicted octanol–water partition coefficient (Wildman–Crippen LogP) is 2.45. The van der Waals surface area contributed by atoms with Crippen molar-refractivity contribution in [1.82, 2.24) is 24.6 Å².